The van der Waals surface area contributed by atoms with E-state index in [0.29, 0.717) is 12.6 Å². The van der Waals surface area contributed by atoms with E-state index in [1.165, 1.54) is 6.07 Å². The molecule has 1 aliphatic carbocycles. The summed E-state index contributed by atoms with van der Waals surface area (Å²) >= 11 is 0. The zero-order valence-corrected chi connectivity index (χ0v) is 15.3. The van der Waals surface area contributed by atoms with Gasteiger partial charge < -0.3 is 15.4 Å². The highest BCUT2D eigenvalue weighted by Crippen LogP contribution is 2.16. The van der Waals surface area contributed by atoms with Gasteiger partial charge in [-0.25, -0.2) is 4.99 Å². The lowest BCUT2D eigenvalue weighted by Gasteiger charge is -2.16. The number of nitrogens with one attached hydrogen (secondary N) is 2. The molecule has 0 radical (unpaired) electrons. The molecule has 7 heteroatoms. The van der Waals surface area contributed by atoms with E-state index in [4.69, 9.17) is 0 Å². The summed E-state index contributed by atoms with van der Waals surface area (Å²) in [5, 5.41) is 6.55. The number of nitrogens with zero attached hydrogens (tertiary/aromatic N) is 1. The van der Waals surface area contributed by atoms with Crippen molar-refractivity contribution in [2.45, 2.75) is 39.0 Å². The van der Waals surface area contributed by atoms with Crippen LogP contribution in [0.4, 0.5) is 8.78 Å². The summed E-state index contributed by atoms with van der Waals surface area (Å²) < 4.78 is 28.8. The highest BCUT2D eigenvalue weighted by molar-refractivity contribution is 14.0. The predicted octanol–water partition coefficient (Wildman–Crippen LogP) is 3.68. The molecule has 0 spiro atoms. The van der Waals surface area contributed by atoms with Gasteiger partial charge in [0.25, 0.3) is 0 Å². The second kappa shape index (κ2) is 10.4. The number of halogens is 3. The van der Waals surface area contributed by atoms with Gasteiger partial charge >= 0.3 is 6.61 Å². The monoisotopic (exact) mass is 437 g/mol. The zero-order valence-electron chi connectivity index (χ0n) is 13.0. The Hall–Kier alpha value is -1.38. The van der Waals surface area contributed by atoms with Crippen LogP contribution in [0.5, 0.6) is 5.75 Å². The van der Waals surface area contributed by atoms with E-state index in [1.807, 2.05) is 13.0 Å². The van der Waals surface area contributed by atoms with Gasteiger partial charge in [-0.3, -0.25) is 0 Å². The fourth-order valence-corrected chi connectivity index (χ4v) is 2.24. The van der Waals surface area contributed by atoms with Gasteiger partial charge in [0.15, 0.2) is 5.96 Å². The number of benzene rings is 1. The average molecular weight is 437 g/mol. The Morgan fingerprint density at radius 3 is 2.74 bits per heavy atom. The van der Waals surface area contributed by atoms with Crippen molar-refractivity contribution in [3.8, 4) is 5.75 Å². The van der Waals surface area contributed by atoms with Gasteiger partial charge in [0.1, 0.15) is 5.75 Å². The minimum Gasteiger partial charge on any atom is -0.435 e. The van der Waals surface area contributed by atoms with Crippen LogP contribution in [0.1, 0.15) is 25.3 Å². The third-order valence-corrected chi connectivity index (χ3v) is 3.24. The van der Waals surface area contributed by atoms with Crippen LogP contribution in [0.3, 0.4) is 0 Å². The van der Waals surface area contributed by atoms with Crippen LogP contribution in [0.15, 0.2) is 41.4 Å². The lowest BCUT2D eigenvalue weighted by Crippen LogP contribution is -2.42. The van der Waals surface area contributed by atoms with Crippen LogP contribution < -0.4 is 15.4 Å². The average Bonchev–Trinajstić information content (AvgIpc) is 2.98. The van der Waals surface area contributed by atoms with Crippen molar-refractivity contribution in [2.75, 3.05) is 6.54 Å². The molecule has 0 unspecified atom stereocenters. The highest BCUT2D eigenvalue weighted by Gasteiger charge is 2.11. The standard InChI is InChI=1S/C16H21F2N3O.HI/c1-2-19-16(21-13-7-3-4-8-13)20-11-12-6-5-9-14(10-12)22-15(17)18;/h3-6,9-10,13,15H,2,7-8,11H2,1H3,(H2,19,20,21);1H. The van der Waals surface area contributed by atoms with Gasteiger partial charge in [-0.15, -0.1) is 24.0 Å². The number of hydrogen-bond donors (Lipinski definition) is 2. The quantitative estimate of drug-likeness (QED) is 0.309. The SMILES string of the molecule is CCNC(=NCc1cccc(OC(F)F)c1)NC1CC=CC1.I. The molecule has 0 saturated heterocycles. The topological polar surface area (TPSA) is 45.7 Å². The predicted molar refractivity (Wildman–Crippen MR) is 98.6 cm³/mol. The Kier molecular flexibility index (Phi) is 8.90. The number of hydrogen-bond acceptors (Lipinski definition) is 2. The summed E-state index contributed by atoms with van der Waals surface area (Å²) in [7, 11) is 0. The molecule has 23 heavy (non-hydrogen) atoms. The van der Waals surface area contributed by atoms with E-state index in [-0.39, 0.29) is 29.7 Å². The number of alkyl halides is 2. The number of rotatable bonds is 6. The molecular formula is C16H22F2IN3O. The van der Waals surface area contributed by atoms with Crippen LogP contribution in [0.2, 0.25) is 0 Å². The highest BCUT2D eigenvalue weighted by atomic mass is 127. The molecule has 0 amide bonds. The first kappa shape index (κ1) is 19.7. The number of ether oxygens (including phenoxy) is 1. The van der Waals surface area contributed by atoms with Crippen LogP contribution in [-0.4, -0.2) is 25.2 Å². The number of aliphatic imine (C=N–C) groups is 1. The Balaban J connectivity index is 0.00000264. The first-order valence-corrected chi connectivity index (χ1v) is 7.41. The molecule has 2 N–H and O–H groups in total. The molecule has 1 aromatic rings. The minimum absolute atomic E-state index is 0. The van der Waals surface area contributed by atoms with Gasteiger partial charge in [0.2, 0.25) is 0 Å². The lowest BCUT2D eigenvalue weighted by molar-refractivity contribution is -0.0498. The summed E-state index contributed by atoms with van der Waals surface area (Å²) in [6, 6.07) is 6.97. The Morgan fingerprint density at radius 1 is 1.35 bits per heavy atom. The Labute approximate surface area is 152 Å². The molecule has 0 bridgehead atoms. The number of guanidine groups is 1. The Bertz CT molecular complexity index is 530. The summed E-state index contributed by atoms with van der Waals surface area (Å²) in [6.07, 6.45) is 6.27. The maximum Gasteiger partial charge on any atom is 0.387 e. The molecular weight excluding hydrogens is 415 g/mol. The van der Waals surface area contributed by atoms with Crippen LogP contribution in [-0.2, 0) is 6.54 Å². The molecule has 4 nitrogen and oxygen atoms in total. The molecule has 0 aliphatic heterocycles. The lowest BCUT2D eigenvalue weighted by atomic mass is 10.2. The maximum atomic E-state index is 12.2. The summed E-state index contributed by atoms with van der Waals surface area (Å²) in [4.78, 5) is 4.49. The van der Waals surface area contributed by atoms with Crippen molar-refractivity contribution in [3.63, 3.8) is 0 Å². The molecule has 0 saturated carbocycles. The zero-order chi connectivity index (χ0) is 15.8. The Morgan fingerprint density at radius 2 is 2.09 bits per heavy atom. The van der Waals surface area contributed by atoms with Crippen molar-refractivity contribution in [3.05, 3.63) is 42.0 Å². The van der Waals surface area contributed by atoms with Gasteiger partial charge in [-0.1, -0.05) is 24.3 Å². The van der Waals surface area contributed by atoms with E-state index in [0.717, 1.165) is 30.9 Å². The minimum atomic E-state index is -2.81. The van der Waals surface area contributed by atoms with E-state index in [2.05, 4.69) is 32.5 Å². The largest absolute Gasteiger partial charge is 0.435 e. The summed E-state index contributed by atoms with van der Waals surface area (Å²) in [5.41, 5.74) is 0.819. The van der Waals surface area contributed by atoms with Crippen LogP contribution in [0.25, 0.3) is 0 Å². The van der Waals surface area contributed by atoms with Crippen LogP contribution >= 0.6 is 24.0 Å². The fraction of sp³-hybridized carbons (Fsp3) is 0.438. The fourth-order valence-electron chi connectivity index (χ4n) is 2.24. The molecule has 1 aromatic carbocycles. The van der Waals surface area contributed by atoms with Crippen molar-refractivity contribution in [1.29, 1.82) is 0 Å². The van der Waals surface area contributed by atoms with Crippen molar-refractivity contribution in [2.24, 2.45) is 4.99 Å². The molecule has 0 heterocycles. The smallest absolute Gasteiger partial charge is 0.387 e. The van der Waals surface area contributed by atoms with Gasteiger partial charge in [-0.05, 0) is 37.5 Å². The maximum absolute atomic E-state index is 12.2. The van der Waals surface area contributed by atoms with Crippen molar-refractivity contribution >= 4 is 29.9 Å². The molecule has 0 atom stereocenters. The van der Waals surface area contributed by atoms with E-state index >= 15 is 0 Å². The molecule has 0 fully saturated rings. The van der Waals surface area contributed by atoms with Crippen molar-refractivity contribution in [1.82, 2.24) is 10.6 Å². The molecule has 0 aromatic heterocycles. The van der Waals surface area contributed by atoms with E-state index < -0.39 is 6.61 Å². The summed E-state index contributed by atoms with van der Waals surface area (Å²) in [6.45, 7) is 0.352. The van der Waals surface area contributed by atoms with E-state index in [1.54, 1.807) is 12.1 Å². The van der Waals surface area contributed by atoms with Gasteiger partial charge in [-0.2, -0.15) is 8.78 Å². The van der Waals surface area contributed by atoms with E-state index in [9.17, 15) is 8.78 Å². The normalized spacial score (nSPS) is 14.7. The first-order valence-electron chi connectivity index (χ1n) is 7.41. The van der Waals surface area contributed by atoms with Crippen molar-refractivity contribution < 1.29 is 13.5 Å². The third-order valence-electron chi connectivity index (χ3n) is 3.24. The third kappa shape index (κ3) is 7.15. The second-order valence-corrected chi connectivity index (χ2v) is 5.01. The van der Waals surface area contributed by atoms with Gasteiger partial charge in [0, 0.05) is 12.6 Å². The molecule has 2 rings (SSSR count). The van der Waals surface area contributed by atoms with Crippen LogP contribution in [0, 0.1) is 0 Å². The molecule has 1 aliphatic rings. The second-order valence-electron chi connectivity index (χ2n) is 5.01. The van der Waals surface area contributed by atoms with Gasteiger partial charge in [0.05, 0.1) is 6.54 Å². The first-order chi connectivity index (χ1) is 10.7. The summed E-state index contributed by atoms with van der Waals surface area (Å²) in [5.74, 6) is 0.886. The molecule has 128 valence electrons.